The molecule has 2 rings (SSSR count). The van der Waals surface area contributed by atoms with Gasteiger partial charge in [0.15, 0.2) is 0 Å². The van der Waals surface area contributed by atoms with E-state index in [-0.39, 0.29) is 0 Å². The maximum Gasteiger partial charge on any atom is 0.0398 e. The number of nitrogens with two attached hydrogens (primary N) is 1. The molecule has 0 bridgehead atoms. The van der Waals surface area contributed by atoms with Gasteiger partial charge < -0.3 is 10.6 Å². The molecule has 0 saturated heterocycles. The van der Waals surface area contributed by atoms with E-state index >= 15 is 0 Å². The number of nitrogens with zero attached hydrogens (tertiary/aromatic N) is 1. The lowest BCUT2D eigenvalue weighted by molar-refractivity contribution is 0.644. The molecule has 0 saturated carbocycles. The molecule has 1 aromatic carbocycles. The zero-order chi connectivity index (χ0) is 11.9. The topological polar surface area (TPSA) is 29.3 Å². The van der Waals surface area contributed by atoms with Crippen molar-refractivity contribution in [1.82, 2.24) is 0 Å². The number of aryl methyl sites for hydroxylation is 1. The molecule has 0 aliphatic carbocycles. The lowest BCUT2D eigenvalue weighted by Crippen LogP contribution is -2.25. The van der Waals surface area contributed by atoms with Crippen molar-refractivity contribution in [2.75, 3.05) is 24.5 Å². The first-order valence-electron chi connectivity index (χ1n) is 6.95. The second-order valence-electron chi connectivity index (χ2n) is 4.92. The van der Waals surface area contributed by atoms with Crippen LogP contribution in [0.5, 0.6) is 0 Å². The van der Waals surface area contributed by atoms with Crippen LogP contribution in [0.4, 0.5) is 5.69 Å². The predicted molar refractivity (Wildman–Crippen MR) is 74.5 cm³/mol. The molecule has 0 unspecified atom stereocenters. The summed E-state index contributed by atoms with van der Waals surface area (Å²) in [7, 11) is 0. The number of benzene rings is 1. The fraction of sp³-hybridized carbons (Fsp3) is 0.600. The second kappa shape index (κ2) is 6.65. The fourth-order valence-electron chi connectivity index (χ4n) is 2.63. The molecule has 2 nitrogen and oxygen atoms in total. The summed E-state index contributed by atoms with van der Waals surface area (Å²) < 4.78 is 0. The van der Waals surface area contributed by atoms with Gasteiger partial charge in [-0.2, -0.15) is 0 Å². The third-order valence-corrected chi connectivity index (χ3v) is 3.59. The Hall–Kier alpha value is -1.02. The minimum absolute atomic E-state index is 0.830. The molecule has 0 amide bonds. The van der Waals surface area contributed by atoms with Crippen LogP contribution in [0.1, 0.15) is 37.7 Å². The normalized spacial score (nSPS) is 15.5. The van der Waals surface area contributed by atoms with Gasteiger partial charge in [0.25, 0.3) is 0 Å². The number of unbranched alkanes of at least 4 members (excludes halogenated alkanes) is 2. The standard InChI is InChI=1S/C15H24N2/c16-11-5-1-6-12-17-13-7-4-9-14-8-2-3-10-15(14)17/h2-3,8,10H,1,4-7,9,11-13,16H2. The lowest BCUT2D eigenvalue weighted by Gasteiger charge is -2.24. The van der Waals surface area contributed by atoms with E-state index in [0.29, 0.717) is 0 Å². The summed E-state index contributed by atoms with van der Waals surface area (Å²) in [5, 5.41) is 0. The van der Waals surface area contributed by atoms with E-state index in [2.05, 4.69) is 29.2 Å². The Morgan fingerprint density at radius 1 is 1.06 bits per heavy atom. The quantitative estimate of drug-likeness (QED) is 0.791. The van der Waals surface area contributed by atoms with E-state index in [4.69, 9.17) is 5.73 Å². The van der Waals surface area contributed by atoms with Gasteiger partial charge in [-0.1, -0.05) is 24.6 Å². The highest BCUT2D eigenvalue weighted by molar-refractivity contribution is 5.54. The molecule has 1 heterocycles. The summed E-state index contributed by atoms with van der Waals surface area (Å²) in [6.07, 6.45) is 7.59. The van der Waals surface area contributed by atoms with Gasteiger partial charge >= 0.3 is 0 Å². The minimum Gasteiger partial charge on any atom is -0.371 e. The van der Waals surface area contributed by atoms with Gasteiger partial charge in [-0.05, 0) is 50.3 Å². The summed E-state index contributed by atoms with van der Waals surface area (Å²) in [5.74, 6) is 0. The van der Waals surface area contributed by atoms with Gasteiger partial charge in [-0.3, -0.25) is 0 Å². The van der Waals surface area contributed by atoms with E-state index in [0.717, 1.165) is 13.0 Å². The van der Waals surface area contributed by atoms with E-state index in [1.165, 1.54) is 56.4 Å². The summed E-state index contributed by atoms with van der Waals surface area (Å²) >= 11 is 0. The van der Waals surface area contributed by atoms with Crippen molar-refractivity contribution in [3.63, 3.8) is 0 Å². The van der Waals surface area contributed by atoms with Crippen LogP contribution < -0.4 is 10.6 Å². The fourth-order valence-corrected chi connectivity index (χ4v) is 2.63. The third kappa shape index (κ3) is 3.47. The highest BCUT2D eigenvalue weighted by Crippen LogP contribution is 2.26. The van der Waals surface area contributed by atoms with Crippen LogP contribution in [0.2, 0.25) is 0 Å². The molecular formula is C15H24N2. The Morgan fingerprint density at radius 2 is 1.94 bits per heavy atom. The lowest BCUT2D eigenvalue weighted by atomic mass is 10.1. The largest absolute Gasteiger partial charge is 0.371 e. The van der Waals surface area contributed by atoms with Crippen molar-refractivity contribution in [2.24, 2.45) is 5.73 Å². The molecule has 94 valence electrons. The molecule has 0 atom stereocenters. The molecule has 0 aromatic heterocycles. The highest BCUT2D eigenvalue weighted by atomic mass is 15.1. The molecular weight excluding hydrogens is 208 g/mol. The van der Waals surface area contributed by atoms with Gasteiger partial charge in [0.2, 0.25) is 0 Å². The minimum atomic E-state index is 0.830. The maximum absolute atomic E-state index is 5.54. The number of anilines is 1. The van der Waals surface area contributed by atoms with Crippen molar-refractivity contribution in [2.45, 2.75) is 38.5 Å². The van der Waals surface area contributed by atoms with E-state index < -0.39 is 0 Å². The highest BCUT2D eigenvalue weighted by Gasteiger charge is 2.13. The van der Waals surface area contributed by atoms with E-state index in [9.17, 15) is 0 Å². The van der Waals surface area contributed by atoms with E-state index in [1.807, 2.05) is 0 Å². The molecule has 17 heavy (non-hydrogen) atoms. The Morgan fingerprint density at radius 3 is 2.82 bits per heavy atom. The smallest absolute Gasteiger partial charge is 0.0398 e. The monoisotopic (exact) mass is 232 g/mol. The first kappa shape index (κ1) is 12.4. The van der Waals surface area contributed by atoms with Gasteiger partial charge in [0, 0.05) is 18.8 Å². The van der Waals surface area contributed by atoms with Crippen LogP contribution >= 0.6 is 0 Å². The van der Waals surface area contributed by atoms with Gasteiger partial charge in [0.05, 0.1) is 0 Å². The number of para-hydroxylation sites is 1. The van der Waals surface area contributed by atoms with Gasteiger partial charge in [-0.25, -0.2) is 0 Å². The third-order valence-electron chi connectivity index (χ3n) is 3.59. The van der Waals surface area contributed by atoms with Gasteiger partial charge in [0.1, 0.15) is 0 Å². The molecule has 1 aromatic rings. The average Bonchev–Trinajstić information content (AvgIpc) is 2.57. The molecule has 0 spiro atoms. The number of hydrogen-bond acceptors (Lipinski definition) is 2. The predicted octanol–water partition coefficient (Wildman–Crippen LogP) is 2.96. The van der Waals surface area contributed by atoms with Crippen LogP contribution in [0, 0.1) is 0 Å². The molecule has 0 fully saturated rings. The first-order valence-corrected chi connectivity index (χ1v) is 6.95. The zero-order valence-corrected chi connectivity index (χ0v) is 10.7. The summed E-state index contributed by atoms with van der Waals surface area (Å²) in [5.41, 5.74) is 8.54. The van der Waals surface area contributed by atoms with Crippen molar-refractivity contribution >= 4 is 5.69 Å². The van der Waals surface area contributed by atoms with Crippen molar-refractivity contribution in [1.29, 1.82) is 0 Å². The van der Waals surface area contributed by atoms with Gasteiger partial charge in [-0.15, -0.1) is 0 Å². The molecule has 0 radical (unpaired) electrons. The Labute approximate surface area is 105 Å². The number of fused-ring (bicyclic) bond motifs is 1. The second-order valence-corrected chi connectivity index (χ2v) is 4.92. The van der Waals surface area contributed by atoms with Crippen molar-refractivity contribution in [3.05, 3.63) is 29.8 Å². The number of hydrogen-bond donors (Lipinski definition) is 1. The summed E-state index contributed by atoms with van der Waals surface area (Å²) in [6.45, 7) is 3.24. The summed E-state index contributed by atoms with van der Waals surface area (Å²) in [4.78, 5) is 2.57. The number of rotatable bonds is 5. The molecule has 1 aliphatic heterocycles. The maximum atomic E-state index is 5.54. The van der Waals surface area contributed by atoms with Crippen LogP contribution in [0.15, 0.2) is 24.3 Å². The van der Waals surface area contributed by atoms with Crippen LogP contribution in [-0.4, -0.2) is 19.6 Å². The Balaban J connectivity index is 1.97. The molecule has 1 aliphatic rings. The Bertz CT molecular complexity index is 335. The van der Waals surface area contributed by atoms with Crippen molar-refractivity contribution < 1.29 is 0 Å². The van der Waals surface area contributed by atoms with E-state index in [1.54, 1.807) is 0 Å². The molecule has 2 heteroatoms. The first-order chi connectivity index (χ1) is 8.42. The Kier molecular flexibility index (Phi) is 4.87. The van der Waals surface area contributed by atoms with Crippen molar-refractivity contribution in [3.8, 4) is 0 Å². The zero-order valence-electron chi connectivity index (χ0n) is 10.7. The SMILES string of the molecule is NCCCCCN1CCCCc2ccccc21. The summed E-state index contributed by atoms with van der Waals surface area (Å²) in [6, 6.07) is 8.89. The van der Waals surface area contributed by atoms with Crippen LogP contribution in [0.25, 0.3) is 0 Å². The van der Waals surface area contributed by atoms with Crippen LogP contribution in [-0.2, 0) is 6.42 Å². The van der Waals surface area contributed by atoms with Crippen LogP contribution in [0.3, 0.4) is 0 Å². The average molecular weight is 232 g/mol. The molecule has 2 N–H and O–H groups in total.